The highest BCUT2D eigenvalue weighted by molar-refractivity contribution is 6.25. The Balaban J connectivity index is 0.831. The van der Waals surface area contributed by atoms with Gasteiger partial charge in [-0.3, -0.25) is 4.57 Å². The van der Waals surface area contributed by atoms with E-state index in [1.807, 2.05) is 6.20 Å². The summed E-state index contributed by atoms with van der Waals surface area (Å²) < 4.78 is 16.3. The lowest BCUT2D eigenvalue weighted by molar-refractivity contribution is 0.483. The molecule has 0 fully saturated rings. The van der Waals surface area contributed by atoms with Crippen LogP contribution < -0.4 is 14.5 Å². The lowest BCUT2D eigenvalue weighted by Crippen LogP contribution is -2.25. The molecule has 15 rings (SSSR count). The summed E-state index contributed by atoms with van der Waals surface area (Å²) in [5.41, 5.74) is 14.9. The van der Waals surface area contributed by atoms with Gasteiger partial charge in [-0.1, -0.05) is 109 Å². The van der Waals surface area contributed by atoms with Crippen LogP contribution >= 0.6 is 0 Å². The zero-order valence-electron chi connectivity index (χ0n) is 38.5. The van der Waals surface area contributed by atoms with Crippen molar-refractivity contribution in [1.82, 2.24) is 23.3 Å². The van der Waals surface area contributed by atoms with Crippen LogP contribution in [0, 0.1) is 0 Å². The lowest BCUT2D eigenvalue weighted by atomic mass is 10.1. The molecule has 1 aliphatic rings. The molecule has 6 heterocycles. The van der Waals surface area contributed by atoms with Crippen molar-refractivity contribution in [2.45, 2.75) is 0 Å². The molecule has 8 heteroatoms. The van der Waals surface area contributed by atoms with Gasteiger partial charge in [-0.05, 0) is 78.9 Å². The van der Waals surface area contributed by atoms with Gasteiger partial charge in [0.1, 0.15) is 24.0 Å². The van der Waals surface area contributed by atoms with Gasteiger partial charge >= 0.3 is 0 Å². The molecule has 0 aliphatic carbocycles. The molecule has 332 valence electrons. The number of pyridine rings is 1. The first-order valence-electron chi connectivity index (χ1n) is 23.8. The van der Waals surface area contributed by atoms with Crippen molar-refractivity contribution in [2.24, 2.45) is 14.1 Å². The first-order chi connectivity index (χ1) is 34.6. The Hall–Kier alpha value is -9.27. The first-order valence-corrected chi connectivity index (χ1v) is 23.8. The summed E-state index contributed by atoms with van der Waals surface area (Å²) >= 11 is 0. The van der Waals surface area contributed by atoms with Crippen LogP contribution in [-0.2, 0) is 14.1 Å². The number of rotatable bonds is 6. The predicted octanol–water partition coefficient (Wildman–Crippen LogP) is 15.6. The van der Waals surface area contributed by atoms with Crippen molar-refractivity contribution < 1.29 is 4.74 Å². The molecule has 1 aliphatic heterocycles. The summed E-state index contributed by atoms with van der Waals surface area (Å²) in [6.07, 6.45) is 1.92. The molecule has 0 N–H and O–H groups in total. The standard InChI is InChI=1S/C62H43N7O/c1-64-51-23-8-3-21-46(51)49-37-50-47-22-4-9-24-52(47)65(2)61(50)62(60(49)64)67-38-66(56-28-13-14-29-57(56)67)39-16-15-17-41(34-39)70-42-30-31-48-45-20-7-12-27-55(45)69(58(48)36-42)59-35-40(32-33-63-59)68-53-25-10-5-18-43(53)44-19-6-11-26-54(44)68/h3-37H,38H2,1-2H3. The van der Waals surface area contributed by atoms with Crippen LogP contribution in [0.3, 0.4) is 0 Å². The molecule has 0 atom stereocenters. The Labute approximate surface area is 402 Å². The Morgan fingerprint density at radius 3 is 1.49 bits per heavy atom. The van der Waals surface area contributed by atoms with Crippen molar-refractivity contribution in [3.63, 3.8) is 0 Å². The highest BCUT2D eigenvalue weighted by Crippen LogP contribution is 2.51. The number of para-hydroxylation sites is 7. The van der Waals surface area contributed by atoms with Crippen LogP contribution in [0.15, 0.2) is 212 Å². The number of hydrogen-bond donors (Lipinski definition) is 0. The predicted molar refractivity (Wildman–Crippen MR) is 289 cm³/mol. The van der Waals surface area contributed by atoms with Gasteiger partial charge in [0.25, 0.3) is 0 Å². The summed E-state index contributed by atoms with van der Waals surface area (Å²) in [7, 11) is 4.42. The van der Waals surface area contributed by atoms with Gasteiger partial charge < -0.3 is 28.2 Å². The van der Waals surface area contributed by atoms with Crippen LogP contribution in [0.25, 0.3) is 98.7 Å². The van der Waals surface area contributed by atoms with Gasteiger partial charge in [-0.2, -0.15) is 0 Å². The Kier molecular flexibility index (Phi) is 8.10. The van der Waals surface area contributed by atoms with E-state index in [0.29, 0.717) is 6.67 Å². The third kappa shape index (κ3) is 5.44. The maximum absolute atomic E-state index is 6.88. The second-order valence-electron chi connectivity index (χ2n) is 18.5. The largest absolute Gasteiger partial charge is 0.457 e. The quantitative estimate of drug-likeness (QED) is 0.167. The summed E-state index contributed by atoms with van der Waals surface area (Å²) in [4.78, 5) is 9.96. The summed E-state index contributed by atoms with van der Waals surface area (Å²) in [5, 5.41) is 9.78. The minimum absolute atomic E-state index is 0.618. The molecule has 14 aromatic rings. The van der Waals surface area contributed by atoms with Crippen LogP contribution in [0.1, 0.15) is 0 Å². The van der Waals surface area contributed by atoms with Gasteiger partial charge in [0, 0.05) is 98.3 Å². The Morgan fingerprint density at radius 1 is 0.371 bits per heavy atom. The molecule has 0 bridgehead atoms. The van der Waals surface area contributed by atoms with Crippen molar-refractivity contribution in [3.05, 3.63) is 212 Å². The Morgan fingerprint density at radius 2 is 0.871 bits per heavy atom. The molecular formula is C62H43N7O. The highest BCUT2D eigenvalue weighted by atomic mass is 16.5. The topological polar surface area (TPSA) is 48.3 Å². The van der Waals surface area contributed by atoms with Gasteiger partial charge in [-0.25, -0.2) is 4.98 Å². The minimum Gasteiger partial charge on any atom is -0.457 e. The van der Waals surface area contributed by atoms with Crippen molar-refractivity contribution in [2.75, 3.05) is 16.5 Å². The van der Waals surface area contributed by atoms with E-state index in [1.54, 1.807) is 0 Å². The minimum atomic E-state index is 0.618. The monoisotopic (exact) mass is 901 g/mol. The molecule has 0 saturated carbocycles. The second kappa shape index (κ2) is 14.6. The molecule has 0 radical (unpaired) electrons. The number of benzene rings is 9. The highest BCUT2D eigenvalue weighted by Gasteiger charge is 2.33. The number of nitrogens with zero attached hydrogens (tertiary/aromatic N) is 7. The zero-order chi connectivity index (χ0) is 46.2. The molecule has 8 nitrogen and oxygen atoms in total. The molecule has 0 spiro atoms. The number of hydrogen-bond acceptors (Lipinski definition) is 4. The van der Waals surface area contributed by atoms with E-state index in [9.17, 15) is 0 Å². The maximum Gasteiger partial charge on any atom is 0.139 e. The fourth-order valence-corrected chi connectivity index (χ4v) is 11.8. The van der Waals surface area contributed by atoms with E-state index in [1.165, 1.54) is 60.1 Å². The summed E-state index contributed by atoms with van der Waals surface area (Å²) in [6.45, 7) is 0.618. The van der Waals surface area contributed by atoms with Gasteiger partial charge in [0.15, 0.2) is 0 Å². The first kappa shape index (κ1) is 38.8. The van der Waals surface area contributed by atoms with E-state index in [2.05, 4.69) is 248 Å². The van der Waals surface area contributed by atoms with Crippen molar-refractivity contribution in [1.29, 1.82) is 0 Å². The molecule has 0 unspecified atom stereocenters. The Bertz CT molecular complexity index is 4340. The molecule has 0 amide bonds. The van der Waals surface area contributed by atoms with Crippen LogP contribution in [0.2, 0.25) is 0 Å². The number of ether oxygens (including phenoxy) is 1. The molecule has 0 saturated heterocycles. The number of aromatic nitrogens is 5. The number of anilines is 4. The second-order valence-corrected chi connectivity index (χ2v) is 18.5. The molecule has 5 aromatic heterocycles. The van der Waals surface area contributed by atoms with E-state index in [0.717, 1.165) is 72.9 Å². The smallest absolute Gasteiger partial charge is 0.139 e. The summed E-state index contributed by atoms with van der Waals surface area (Å²) in [6, 6.07) is 73.8. The van der Waals surface area contributed by atoms with Gasteiger partial charge in [0.2, 0.25) is 0 Å². The van der Waals surface area contributed by atoms with E-state index in [-0.39, 0.29) is 0 Å². The van der Waals surface area contributed by atoms with Crippen molar-refractivity contribution in [3.8, 4) is 23.0 Å². The van der Waals surface area contributed by atoms with E-state index in [4.69, 9.17) is 9.72 Å². The fourth-order valence-electron chi connectivity index (χ4n) is 11.8. The van der Waals surface area contributed by atoms with E-state index >= 15 is 0 Å². The number of fused-ring (bicyclic) bond motifs is 13. The van der Waals surface area contributed by atoms with Crippen molar-refractivity contribution >= 4 is 110 Å². The fraction of sp³-hybridized carbons (Fsp3) is 0.0484. The van der Waals surface area contributed by atoms with Crippen LogP contribution in [-0.4, -0.2) is 29.9 Å². The van der Waals surface area contributed by atoms with Gasteiger partial charge in [-0.15, -0.1) is 0 Å². The van der Waals surface area contributed by atoms with Crippen LogP contribution in [0.5, 0.6) is 11.5 Å². The lowest BCUT2D eigenvalue weighted by Gasteiger charge is -2.25. The molecule has 9 aromatic carbocycles. The third-order valence-corrected chi connectivity index (χ3v) is 14.9. The van der Waals surface area contributed by atoms with E-state index < -0.39 is 0 Å². The average Bonchev–Trinajstić information content (AvgIpc) is 4.20. The number of aryl methyl sites for hydroxylation is 2. The third-order valence-electron chi connectivity index (χ3n) is 14.9. The normalized spacial score (nSPS) is 12.9. The molecular weight excluding hydrogens is 859 g/mol. The van der Waals surface area contributed by atoms with Gasteiger partial charge in [0.05, 0.1) is 55.8 Å². The van der Waals surface area contributed by atoms with Crippen LogP contribution in [0.4, 0.5) is 22.7 Å². The zero-order valence-corrected chi connectivity index (χ0v) is 38.5. The average molecular weight is 902 g/mol. The maximum atomic E-state index is 6.88. The SMILES string of the molecule is Cn1c2ccccc2c2cc3c4ccccc4n(C)c3c(N3CN(c4cccc(Oc5ccc6c7ccccc7n(-c7cc(-n8c9ccccc9c9ccccc98)ccn7)c6c5)c4)c4ccccc43)c21. The summed E-state index contributed by atoms with van der Waals surface area (Å²) in [5.74, 6) is 2.34. The molecule has 70 heavy (non-hydrogen) atoms.